The molecule has 0 heterocycles. The predicted molar refractivity (Wildman–Crippen MR) is 52.8 cm³/mol. The highest BCUT2D eigenvalue weighted by molar-refractivity contribution is 4.71. The van der Waals surface area contributed by atoms with Crippen molar-refractivity contribution in [1.82, 2.24) is 0 Å². The summed E-state index contributed by atoms with van der Waals surface area (Å²) in [5.74, 6) is 2.09. The van der Waals surface area contributed by atoms with Crippen molar-refractivity contribution in [3.05, 3.63) is 0 Å². The second kappa shape index (κ2) is 6.69. The fraction of sp³-hybridized carbons (Fsp3) is 1.00. The van der Waals surface area contributed by atoms with Gasteiger partial charge in [0.25, 0.3) is 0 Å². The topological polar surface area (TPSA) is 0 Å². The molecule has 68 valence electrons. The van der Waals surface area contributed by atoms with Gasteiger partial charge in [0.15, 0.2) is 0 Å². The highest BCUT2D eigenvalue weighted by Crippen LogP contribution is 2.32. The zero-order valence-electron chi connectivity index (χ0n) is 8.69. The Kier molecular flexibility index (Phi) is 6.69. The monoisotopic (exact) mass is 156 g/mol. The Morgan fingerprint density at radius 3 is 2.09 bits per heavy atom. The Morgan fingerprint density at radius 2 is 1.82 bits per heavy atom. The SMILES string of the molecule is CC.CCC(C)CC1CCC1. The molecule has 0 radical (unpaired) electrons. The van der Waals surface area contributed by atoms with E-state index in [1.165, 1.54) is 32.1 Å². The summed E-state index contributed by atoms with van der Waals surface area (Å²) in [4.78, 5) is 0. The lowest BCUT2D eigenvalue weighted by Gasteiger charge is -2.27. The van der Waals surface area contributed by atoms with Crippen molar-refractivity contribution in [2.45, 2.75) is 59.8 Å². The molecule has 0 N–H and O–H groups in total. The van der Waals surface area contributed by atoms with Crippen LogP contribution >= 0.6 is 0 Å². The van der Waals surface area contributed by atoms with Crippen LogP contribution < -0.4 is 0 Å². The summed E-state index contributed by atoms with van der Waals surface area (Å²) in [6.45, 7) is 8.67. The van der Waals surface area contributed by atoms with Crippen molar-refractivity contribution in [3.63, 3.8) is 0 Å². The first kappa shape index (κ1) is 11.0. The molecule has 1 rings (SSSR count). The van der Waals surface area contributed by atoms with Crippen molar-refractivity contribution in [1.29, 1.82) is 0 Å². The van der Waals surface area contributed by atoms with Gasteiger partial charge in [0.2, 0.25) is 0 Å². The van der Waals surface area contributed by atoms with Crippen LogP contribution in [-0.4, -0.2) is 0 Å². The minimum absolute atomic E-state index is 0.982. The molecule has 11 heavy (non-hydrogen) atoms. The van der Waals surface area contributed by atoms with Crippen molar-refractivity contribution in [3.8, 4) is 0 Å². The van der Waals surface area contributed by atoms with E-state index < -0.39 is 0 Å². The fourth-order valence-electron chi connectivity index (χ4n) is 1.46. The van der Waals surface area contributed by atoms with E-state index in [0.29, 0.717) is 0 Å². The molecule has 0 aliphatic heterocycles. The molecule has 0 spiro atoms. The van der Waals surface area contributed by atoms with Crippen LogP contribution in [0.15, 0.2) is 0 Å². The van der Waals surface area contributed by atoms with Crippen LogP contribution in [0.4, 0.5) is 0 Å². The van der Waals surface area contributed by atoms with E-state index in [9.17, 15) is 0 Å². The molecule has 0 bridgehead atoms. The van der Waals surface area contributed by atoms with E-state index in [1.807, 2.05) is 13.8 Å². The minimum atomic E-state index is 0.982. The molecule has 0 aromatic heterocycles. The summed E-state index contributed by atoms with van der Waals surface area (Å²) in [7, 11) is 0. The maximum absolute atomic E-state index is 2.37. The zero-order chi connectivity index (χ0) is 8.69. The van der Waals surface area contributed by atoms with Crippen LogP contribution in [0.5, 0.6) is 0 Å². The molecule has 0 heteroatoms. The first-order valence-corrected chi connectivity index (χ1v) is 5.33. The van der Waals surface area contributed by atoms with E-state index in [0.717, 1.165) is 11.8 Å². The van der Waals surface area contributed by atoms with Crippen molar-refractivity contribution in [2.75, 3.05) is 0 Å². The molecular weight excluding hydrogens is 132 g/mol. The Morgan fingerprint density at radius 1 is 1.27 bits per heavy atom. The summed E-state index contributed by atoms with van der Waals surface area (Å²) in [6.07, 6.45) is 7.41. The smallest absolute Gasteiger partial charge is 0.0412 e. The molecule has 1 fully saturated rings. The Balaban J connectivity index is 0.000000461. The predicted octanol–water partition coefficient (Wildman–Crippen LogP) is 4.25. The normalized spacial score (nSPS) is 19.6. The molecule has 0 aromatic rings. The molecule has 1 saturated carbocycles. The Labute approximate surface area is 72.4 Å². The molecule has 1 aliphatic carbocycles. The van der Waals surface area contributed by atoms with Crippen molar-refractivity contribution < 1.29 is 0 Å². The molecule has 1 aliphatic rings. The van der Waals surface area contributed by atoms with Gasteiger partial charge in [-0.3, -0.25) is 0 Å². The second-order valence-corrected chi connectivity index (χ2v) is 3.55. The van der Waals surface area contributed by atoms with Crippen molar-refractivity contribution in [2.24, 2.45) is 11.8 Å². The van der Waals surface area contributed by atoms with Gasteiger partial charge in [-0.2, -0.15) is 0 Å². The molecule has 0 nitrogen and oxygen atoms in total. The summed E-state index contributed by atoms with van der Waals surface area (Å²) in [5.41, 5.74) is 0. The van der Waals surface area contributed by atoms with Crippen LogP contribution in [0.3, 0.4) is 0 Å². The van der Waals surface area contributed by atoms with Crippen LogP contribution in [0, 0.1) is 11.8 Å². The highest BCUT2D eigenvalue weighted by atomic mass is 14.2. The van der Waals surface area contributed by atoms with Crippen LogP contribution in [0.25, 0.3) is 0 Å². The van der Waals surface area contributed by atoms with Gasteiger partial charge in [-0.1, -0.05) is 53.4 Å². The lowest BCUT2D eigenvalue weighted by Crippen LogP contribution is -2.13. The van der Waals surface area contributed by atoms with E-state index in [2.05, 4.69) is 13.8 Å². The molecule has 0 aromatic carbocycles. The first-order valence-electron chi connectivity index (χ1n) is 5.33. The van der Waals surface area contributed by atoms with E-state index >= 15 is 0 Å². The van der Waals surface area contributed by atoms with Crippen molar-refractivity contribution >= 4 is 0 Å². The third kappa shape index (κ3) is 4.44. The molecule has 0 amide bonds. The van der Waals surface area contributed by atoms with Gasteiger partial charge in [0, 0.05) is 0 Å². The lowest BCUT2D eigenvalue weighted by molar-refractivity contribution is 0.254. The maximum atomic E-state index is 2.37. The van der Waals surface area contributed by atoms with Gasteiger partial charge >= 0.3 is 0 Å². The molecule has 1 atom stereocenters. The third-order valence-corrected chi connectivity index (χ3v) is 2.66. The van der Waals surface area contributed by atoms with Crippen LogP contribution in [-0.2, 0) is 0 Å². The summed E-state index contributed by atoms with van der Waals surface area (Å²) < 4.78 is 0. The van der Waals surface area contributed by atoms with Gasteiger partial charge in [0.1, 0.15) is 0 Å². The number of hydrogen-bond acceptors (Lipinski definition) is 0. The largest absolute Gasteiger partial charge is 0.0683 e. The minimum Gasteiger partial charge on any atom is -0.0683 e. The van der Waals surface area contributed by atoms with E-state index in [1.54, 1.807) is 0 Å². The standard InChI is InChI=1S/C9H18.C2H6/c1-3-8(2)7-9-5-4-6-9;1-2/h8-9H,3-7H2,1-2H3;1-2H3. The average Bonchev–Trinajstić information content (AvgIpc) is 2.00. The third-order valence-electron chi connectivity index (χ3n) is 2.66. The number of hydrogen-bond donors (Lipinski definition) is 0. The highest BCUT2D eigenvalue weighted by Gasteiger charge is 2.18. The maximum Gasteiger partial charge on any atom is -0.0412 e. The van der Waals surface area contributed by atoms with Gasteiger partial charge in [-0.05, 0) is 18.3 Å². The molecule has 1 unspecified atom stereocenters. The average molecular weight is 156 g/mol. The Bertz CT molecular complexity index is 69.4. The van der Waals surface area contributed by atoms with Gasteiger partial charge in [-0.25, -0.2) is 0 Å². The van der Waals surface area contributed by atoms with Gasteiger partial charge in [0.05, 0.1) is 0 Å². The summed E-state index contributed by atoms with van der Waals surface area (Å²) >= 11 is 0. The van der Waals surface area contributed by atoms with Crippen LogP contribution in [0.2, 0.25) is 0 Å². The Hall–Kier alpha value is 0. The van der Waals surface area contributed by atoms with Crippen LogP contribution in [0.1, 0.15) is 59.8 Å². The van der Waals surface area contributed by atoms with Gasteiger partial charge < -0.3 is 0 Å². The zero-order valence-corrected chi connectivity index (χ0v) is 8.69. The first-order chi connectivity index (χ1) is 5.33. The van der Waals surface area contributed by atoms with E-state index in [-0.39, 0.29) is 0 Å². The van der Waals surface area contributed by atoms with E-state index in [4.69, 9.17) is 0 Å². The van der Waals surface area contributed by atoms with Gasteiger partial charge in [-0.15, -0.1) is 0 Å². The summed E-state index contributed by atoms with van der Waals surface area (Å²) in [6, 6.07) is 0. The molecular formula is C11H24. The second-order valence-electron chi connectivity index (χ2n) is 3.55. The molecule has 0 saturated heterocycles. The quantitative estimate of drug-likeness (QED) is 0.573. The summed E-state index contributed by atoms with van der Waals surface area (Å²) in [5, 5.41) is 0. The number of rotatable bonds is 3. The lowest BCUT2D eigenvalue weighted by atomic mass is 9.79. The fourth-order valence-corrected chi connectivity index (χ4v) is 1.46.